The van der Waals surface area contributed by atoms with E-state index >= 15 is 4.39 Å². The molecule has 9 heteroatoms. The van der Waals surface area contributed by atoms with Crippen molar-refractivity contribution < 1.29 is 28.1 Å². The van der Waals surface area contributed by atoms with Gasteiger partial charge in [-0.3, -0.25) is 9.11 Å². The molecule has 1 aliphatic rings. The fourth-order valence-corrected chi connectivity index (χ4v) is 4.76. The van der Waals surface area contributed by atoms with Gasteiger partial charge in [0.2, 0.25) is 5.88 Å². The van der Waals surface area contributed by atoms with E-state index in [1.54, 1.807) is 13.8 Å². The molecule has 0 radical (unpaired) electrons. The molecule has 0 aliphatic carbocycles. The second-order valence-corrected chi connectivity index (χ2v) is 7.83. The molecule has 1 aliphatic heterocycles. The zero-order chi connectivity index (χ0) is 19.2. The summed E-state index contributed by atoms with van der Waals surface area (Å²) >= 11 is 0. The Labute approximate surface area is 151 Å². The monoisotopic (exact) mass is 382 g/mol. The second kappa shape index (κ2) is 6.42. The van der Waals surface area contributed by atoms with E-state index in [1.165, 1.54) is 31.3 Å². The van der Waals surface area contributed by atoms with E-state index in [2.05, 4.69) is 4.98 Å². The predicted octanol–water partition coefficient (Wildman–Crippen LogP) is 4.06. The number of benzene rings is 1. The minimum Gasteiger partial charge on any atom is -0.478 e. The maximum Gasteiger partial charge on any atom is 0.336 e. The zero-order valence-corrected chi connectivity index (χ0v) is 15.2. The molecule has 1 aromatic heterocycles. The number of aromatic nitrogens is 1. The van der Waals surface area contributed by atoms with Crippen molar-refractivity contribution >= 4 is 22.4 Å². The maximum atomic E-state index is 15.1. The topological polar surface area (TPSA) is 103 Å². The Kier molecular flexibility index (Phi) is 4.55. The number of ether oxygens (including phenoxy) is 1. The van der Waals surface area contributed by atoms with Crippen molar-refractivity contribution in [3.63, 3.8) is 0 Å². The first-order chi connectivity index (χ1) is 12.2. The lowest BCUT2D eigenvalue weighted by molar-refractivity contribution is 0.0695. The number of fused-ring (bicyclic) bond motifs is 1. The van der Waals surface area contributed by atoms with Gasteiger partial charge in [-0.05, 0) is 44.0 Å². The summed E-state index contributed by atoms with van der Waals surface area (Å²) in [7, 11) is -3.63. The van der Waals surface area contributed by atoms with Crippen molar-refractivity contribution in [2.45, 2.75) is 38.3 Å². The van der Waals surface area contributed by atoms with Crippen LogP contribution in [0.4, 0.5) is 10.1 Å². The Morgan fingerprint density at radius 2 is 2.12 bits per heavy atom. The van der Waals surface area contributed by atoms with E-state index in [0.29, 0.717) is 5.56 Å². The molecule has 1 unspecified atom stereocenters. The number of halogens is 1. The lowest BCUT2D eigenvalue weighted by atomic mass is 10.0. The van der Waals surface area contributed by atoms with Crippen LogP contribution in [0, 0.1) is 12.7 Å². The van der Waals surface area contributed by atoms with Crippen molar-refractivity contribution in [1.29, 1.82) is 0 Å². The number of carboxylic acid groups (broad SMARTS) is 1. The molecule has 0 amide bonds. The summed E-state index contributed by atoms with van der Waals surface area (Å²) in [6, 6.07) is 4.01. The number of aryl methyl sites for hydroxylation is 1. The molecule has 0 bridgehead atoms. The normalized spacial score (nSPS) is 19.5. The summed E-state index contributed by atoms with van der Waals surface area (Å²) in [5.41, 5.74) is 0.392. The van der Waals surface area contributed by atoms with Crippen LogP contribution >= 0.6 is 10.8 Å². The highest BCUT2D eigenvalue weighted by Gasteiger charge is 2.41. The van der Waals surface area contributed by atoms with Crippen LogP contribution in [-0.2, 0) is 6.42 Å². The fraction of sp³-hybridized carbons (Fsp3) is 0.294. The van der Waals surface area contributed by atoms with Gasteiger partial charge in [-0.25, -0.2) is 18.5 Å². The molecular formula is C17H19FN2O5S. The Morgan fingerprint density at radius 1 is 1.42 bits per heavy atom. The molecule has 1 aromatic carbocycles. The maximum absolute atomic E-state index is 15.1. The third kappa shape index (κ3) is 2.77. The quantitative estimate of drug-likeness (QED) is 0.735. The van der Waals surface area contributed by atoms with E-state index in [0.717, 1.165) is 4.31 Å². The lowest BCUT2D eigenvalue weighted by Gasteiger charge is -2.50. The highest BCUT2D eigenvalue weighted by molar-refractivity contribution is 8.25. The summed E-state index contributed by atoms with van der Waals surface area (Å²) in [4.78, 5) is 15.4. The first-order valence-electron chi connectivity index (χ1n) is 7.94. The molecule has 1 atom stereocenters. The van der Waals surface area contributed by atoms with Gasteiger partial charge < -0.3 is 9.84 Å². The van der Waals surface area contributed by atoms with E-state index in [1.807, 2.05) is 0 Å². The minimum absolute atomic E-state index is 0.00874. The van der Waals surface area contributed by atoms with Gasteiger partial charge in [0, 0.05) is 11.8 Å². The summed E-state index contributed by atoms with van der Waals surface area (Å²) in [6.45, 7) is 4.91. The third-order valence-electron chi connectivity index (χ3n) is 4.18. The smallest absolute Gasteiger partial charge is 0.336 e. The average molecular weight is 382 g/mol. The summed E-state index contributed by atoms with van der Waals surface area (Å²) in [5, 5.41) is 9.23. The van der Waals surface area contributed by atoms with Crippen molar-refractivity contribution in [2.75, 3.05) is 4.31 Å². The molecule has 7 nitrogen and oxygen atoms in total. The highest BCUT2D eigenvalue weighted by atomic mass is 32.3. The Balaban J connectivity index is 2.19. The standard InChI is InChI=1S/C17H19FN2O5S/c1-4-11-12(17(21)22)5-6-13(15(11)18)20-10(3)25-16-14(26(20,23)24)7-9(2)8-19-16/h5-8,10,23-24H,4H2,1-3H3,(H,21,22). The molecule has 0 spiro atoms. The van der Waals surface area contributed by atoms with Gasteiger partial charge >= 0.3 is 5.97 Å². The number of anilines is 1. The van der Waals surface area contributed by atoms with Crippen LogP contribution in [0.2, 0.25) is 0 Å². The molecule has 3 rings (SSSR count). The molecule has 140 valence electrons. The Hall–Kier alpha value is -2.36. The first-order valence-corrected chi connectivity index (χ1v) is 9.44. The van der Waals surface area contributed by atoms with E-state index < -0.39 is 28.8 Å². The van der Waals surface area contributed by atoms with Crippen LogP contribution in [0.5, 0.6) is 5.88 Å². The summed E-state index contributed by atoms with van der Waals surface area (Å²) in [5.74, 6) is -1.98. The van der Waals surface area contributed by atoms with Crippen molar-refractivity contribution in [3.8, 4) is 5.88 Å². The lowest BCUT2D eigenvalue weighted by Crippen LogP contribution is -2.43. The molecule has 0 fully saturated rings. The first kappa shape index (κ1) is 18.4. The molecular weight excluding hydrogens is 363 g/mol. The van der Waals surface area contributed by atoms with Crippen LogP contribution in [-0.4, -0.2) is 31.4 Å². The van der Waals surface area contributed by atoms with E-state index in [9.17, 15) is 19.0 Å². The van der Waals surface area contributed by atoms with Crippen LogP contribution in [0.3, 0.4) is 0 Å². The molecule has 26 heavy (non-hydrogen) atoms. The number of hydrogen-bond acceptors (Lipinski definition) is 6. The van der Waals surface area contributed by atoms with Gasteiger partial charge in [0.05, 0.1) is 11.3 Å². The van der Waals surface area contributed by atoms with Gasteiger partial charge in [0.15, 0.2) is 12.0 Å². The van der Waals surface area contributed by atoms with Gasteiger partial charge in [0.25, 0.3) is 0 Å². The van der Waals surface area contributed by atoms with Gasteiger partial charge in [-0.2, -0.15) is 0 Å². The molecule has 0 saturated heterocycles. The molecule has 0 saturated carbocycles. The van der Waals surface area contributed by atoms with Gasteiger partial charge in [-0.15, -0.1) is 0 Å². The van der Waals surface area contributed by atoms with E-state index in [-0.39, 0.29) is 34.0 Å². The largest absolute Gasteiger partial charge is 0.478 e. The second-order valence-electron chi connectivity index (χ2n) is 5.96. The van der Waals surface area contributed by atoms with Gasteiger partial charge in [-0.1, -0.05) is 17.7 Å². The van der Waals surface area contributed by atoms with Crippen molar-refractivity contribution in [1.82, 2.24) is 4.98 Å². The number of nitrogens with zero attached hydrogens (tertiary/aromatic N) is 2. The number of aromatic carboxylic acids is 1. The number of carboxylic acids is 1. The highest BCUT2D eigenvalue weighted by Crippen LogP contribution is 2.60. The number of carbonyl (C=O) groups is 1. The molecule has 2 aromatic rings. The third-order valence-corrected chi connectivity index (χ3v) is 6.11. The van der Waals surface area contributed by atoms with Crippen LogP contribution in [0.25, 0.3) is 0 Å². The zero-order valence-electron chi connectivity index (χ0n) is 14.4. The summed E-state index contributed by atoms with van der Waals surface area (Å²) < 4.78 is 43.5. The SMILES string of the molecule is CCc1c(C(=O)O)ccc(N2C(C)Oc3ncc(C)cc3S2(O)O)c1F. The number of rotatable bonds is 3. The Bertz CT molecular complexity index is 890. The van der Waals surface area contributed by atoms with Crippen molar-refractivity contribution in [2.24, 2.45) is 0 Å². The van der Waals surface area contributed by atoms with Crippen molar-refractivity contribution in [3.05, 3.63) is 46.9 Å². The minimum atomic E-state index is -3.63. The molecule has 3 N–H and O–H groups in total. The van der Waals surface area contributed by atoms with Crippen LogP contribution in [0.1, 0.15) is 35.3 Å². The van der Waals surface area contributed by atoms with E-state index in [4.69, 9.17) is 4.74 Å². The predicted molar refractivity (Wildman–Crippen MR) is 95.4 cm³/mol. The Morgan fingerprint density at radius 3 is 2.73 bits per heavy atom. The number of hydrogen-bond donors (Lipinski definition) is 3. The average Bonchev–Trinajstić information content (AvgIpc) is 2.56. The number of pyridine rings is 1. The van der Waals surface area contributed by atoms with Gasteiger partial charge in [0.1, 0.15) is 4.90 Å². The van der Waals surface area contributed by atoms with Crippen LogP contribution < -0.4 is 9.04 Å². The summed E-state index contributed by atoms with van der Waals surface area (Å²) in [6.07, 6.45) is 0.757. The molecule has 2 heterocycles. The fourth-order valence-electron chi connectivity index (χ4n) is 3.00. The van der Waals surface area contributed by atoms with Crippen LogP contribution in [0.15, 0.2) is 29.3 Å².